The zero-order chi connectivity index (χ0) is 26.3. The van der Waals surface area contributed by atoms with Crippen LogP contribution in [0, 0.1) is 11.8 Å². The normalized spacial score (nSPS) is 29.4. The molecule has 1 heterocycles. The Balaban J connectivity index is 1.75. The molecule has 5 rings (SSSR count). The van der Waals surface area contributed by atoms with E-state index < -0.39 is 37.2 Å². The van der Waals surface area contributed by atoms with Crippen molar-refractivity contribution in [1.29, 1.82) is 0 Å². The maximum atomic E-state index is 13.8. The molecule has 198 valence electrons. The number of ketones is 1. The lowest BCUT2D eigenvalue weighted by molar-refractivity contribution is -0.190. The number of benzene rings is 2. The van der Waals surface area contributed by atoms with Crippen LogP contribution in [0.2, 0.25) is 5.04 Å². The lowest BCUT2D eigenvalue weighted by atomic mass is 9.77. The van der Waals surface area contributed by atoms with Crippen molar-refractivity contribution in [1.82, 2.24) is 0 Å². The molecule has 6 heteroatoms. The summed E-state index contributed by atoms with van der Waals surface area (Å²) in [6.45, 7) is 9.37. The summed E-state index contributed by atoms with van der Waals surface area (Å²) >= 11 is 0. The summed E-state index contributed by atoms with van der Waals surface area (Å²) in [4.78, 5) is 26.7. The van der Waals surface area contributed by atoms with Gasteiger partial charge in [0.1, 0.15) is 0 Å². The second kappa shape index (κ2) is 9.79. The Morgan fingerprint density at radius 3 is 2.16 bits per heavy atom. The highest BCUT2D eigenvalue weighted by molar-refractivity contribution is 6.99. The molecule has 2 aromatic rings. The van der Waals surface area contributed by atoms with Crippen molar-refractivity contribution in [2.24, 2.45) is 11.8 Å². The average molecular weight is 521 g/mol. The first-order valence-corrected chi connectivity index (χ1v) is 15.8. The molecule has 0 bridgehead atoms. The third-order valence-electron chi connectivity index (χ3n) is 9.16. The minimum atomic E-state index is -3.02. The van der Waals surface area contributed by atoms with E-state index in [2.05, 4.69) is 69.3 Å². The fourth-order valence-electron chi connectivity index (χ4n) is 7.76. The molecular formula is C31H40O5Si. The minimum absolute atomic E-state index is 0.185. The van der Waals surface area contributed by atoms with Crippen molar-refractivity contribution in [3.05, 3.63) is 60.7 Å². The molecule has 37 heavy (non-hydrogen) atoms. The number of hydrogen-bond acceptors (Lipinski definition) is 5. The number of ether oxygens (including phenoxy) is 2. The highest BCUT2D eigenvalue weighted by Gasteiger charge is 2.74. The van der Waals surface area contributed by atoms with Gasteiger partial charge in [-0.25, -0.2) is 4.79 Å². The smallest absolute Gasteiger partial charge is 0.375 e. The first-order chi connectivity index (χ1) is 17.7. The van der Waals surface area contributed by atoms with Crippen molar-refractivity contribution in [2.75, 3.05) is 13.2 Å². The molecule has 2 aliphatic carbocycles. The van der Waals surface area contributed by atoms with Gasteiger partial charge in [0.25, 0.3) is 8.32 Å². The van der Waals surface area contributed by atoms with Crippen LogP contribution in [0.4, 0.5) is 0 Å². The fraction of sp³-hybridized carbons (Fsp3) is 0.548. The van der Waals surface area contributed by atoms with Crippen LogP contribution in [0.15, 0.2) is 60.7 Å². The molecule has 0 amide bonds. The third kappa shape index (κ3) is 3.95. The van der Waals surface area contributed by atoms with Crippen molar-refractivity contribution < 1.29 is 23.5 Å². The van der Waals surface area contributed by atoms with Crippen molar-refractivity contribution >= 4 is 30.4 Å². The van der Waals surface area contributed by atoms with Crippen molar-refractivity contribution in [3.63, 3.8) is 0 Å². The first kappa shape index (κ1) is 26.3. The Morgan fingerprint density at radius 2 is 1.59 bits per heavy atom. The van der Waals surface area contributed by atoms with Gasteiger partial charge in [-0.2, -0.15) is 0 Å². The summed E-state index contributed by atoms with van der Waals surface area (Å²) in [6.07, 6.45) is 5.09. The molecule has 1 saturated heterocycles. The highest BCUT2D eigenvalue weighted by atomic mass is 28.4. The number of rotatable bonds is 7. The van der Waals surface area contributed by atoms with E-state index in [9.17, 15) is 9.59 Å². The third-order valence-corrected chi connectivity index (χ3v) is 14.2. The Bertz CT molecular complexity index is 1090. The molecular weight excluding hydrogens is 480 g/mol. The van der Waals surface area contributed by atoms with E-state index in [1.165, 1.54) is 10.4 Å². The maximum absolute atomic E-state index is 13.8. The van der Waals surface area contributed by atoms with E-state index in [-0.39, 0.29) is 17.6 Å². The number of Topliss-reactive ketones (excluding diaryl/α,β-unsaturated/α-hetero) is 1. The fourth-order valence-corrected chi connectivity index (χ4v) is 12.7. The van der Waals surface area contributed by atoms with E-state index in [1.807, 2.05) is 12.1 Å². The van der Waals surface area contributed by atoms with E-state index in [0.29, 0.717) is 19.4 Å². The maximum Gasteiger partial charge on any atom is 0.375 e. The van der Waals surface area contributed by atoms with Crippen LogP contribution < -0.4 is 10.4 Å². The van der Waals surface area contributed by atoms with Gasteiger partial charge in [-0.3, -0.25) is 4.79 Å². The second-order valence-electron chi connectivity index (χ2n) is 12.0. The summed E-state index contributed by atoms with van der Waals surface area (Å²) in [5, 5.41) is 2.09. The zero-order valence-corrected chi connectivity index (χ0v) is 23.6. The predicted octanol–water partition coefficient (Wildman–Crippen LogP) is 4.80. The Morgan fingerprint density at radius 1 is 0.973 bits per heavy atom. The quantitative estimate of drug-likeness (QED) is 0.298. The van der Waals surface area contributed by atoms with Gasteiger partial charge in [0, 0.05) is 6.61 Å². The predicted molar refractivity (Wildman–Crippen MR) is 146 cm³/mol. The standard InChI is InChI=1S/C31H40O5Si/c1-5-34-28(33)27(32)26-22-23-14-12-21-35-30(23)19-13-20-31(26,30)36-37(29(2,3)4,24-15-8-6-9-16-24)25-17-10-7-11-18-25/h6-11,15-18,23,26H,5,12-14,19-22H2,1-4H3/t23-,26+,30-,31+/m0/s1. The molecule has 0 aromatic heterocycles. The van der Waals surface area contributed by atoms with E-state index in [1.54, 1.807) is 6.92 Å². The molecule has 3 fully saturated rings. The summed E-state index contributed by atoms with van der Waals surface area (Å²) in [5.74, 6) is -1.55. The molecule has 1 spiro atoms. The van der Waals surface area contributed by atoms with Crippen LogP contribution in [0.5, 0.6) is 0 Å². The lowest BCUT2D eigenvalue weighted by Crippen LogP contribution is -2.73. The first-order valence-electron chi connectivity index (χ1n) is 13.9. The summed E-state index contributed by atoms with van der Waals surface area (Å²) in [5.41, 5.74) is -1.42. The molecule has 3 aliphatic rings. The average Bonchev–Trinajstić information content (AvgIpc) is 3.38. The van der Waals surface area contributed by atoms with Gasteiger partial charge < -0.3 is 13.9 Å². The number of carbonyl (C=O) groups is 2. The molecule has 5 nitrogen and oxygen atoms in total. The van der Waals surface area contributed by atoms with Crippen LogP contribution >= 0.6 is 0 Å². The molecule has 2 saturated carbocycles. The lowest BCUT2D eigenvalue weighted by Gasteiger charge is -2.54. The molecule has 2 aromatic carbocycles. The minimum Gasteiger partial charge on any atom is -0.460 e. The number of hydrogen-bond donors (Lipinski definition) is 0. The molecule has 0 radical (unpaired) electrons. The van der Waals surface area contributed by atoms with Gasteiger partial charge >= 0.3 is 5.97 Å². The van der Waals surface area contributed by atoms with Crippen LogP contribution in [-0.2, 0) is 23.5 Å². The number of carbonyl (C=O) groups excluding carboxylic acids is 2. The largest absolute Gasteiger partial charge is 0.460 e. The summed E-state index contributed by atoms with van der Waals surface area (Å²) in [7, 11) is -3.02. The van der Waals surface area contributed by atoms with Crippen LogP contribution in [0.3, 0.4) is 0 Å². The Labute approximate surface area is 222 Å². The van der Waals surface area contributed by atoms with Gasteiger partial charge in [-0.1, -0.05) is 81.4 Å². The molecule has 1 aliphatic heterocycles. The number of esters is 1. The highest BCUT2D eigenvalue weighted by Crippen LogP contribution is 2.64. The summed E-state index contributed by atoms with van der Waals surface area (Å²) in [6, 6.07) is 21.1. The zero-order valence-electron chi connectivity index (χ0n) is 22.6. The van der Waals surface area contributed by atoms with Gasteiger partial charge in [-0.15, -0.1) is 0 Å². The van der Waals surface area contributed by atoms with Crippen molar-refractivity contribution in [2.45, 2.75) is 82.5 Å². The van der Waals surface area contributed by atoms with Gasteiger partial charge in [-0.05, 0) is 66.8 Å². The monoisotopic (exact) mass is 520 g/mol. The molecule has 0 unspecified atom stereocenters. The van der Waals surface area contributed by atoms with Crippen molar-refractivity contribution in [3.8, 4) is 0 Å². The van der Waals surface area contributed by atoms with Crippen LogP contribution in [0.1, 0.15) is 66.2 Å². The van der Waals surface area contributed by atoms with E-state index >= 15 is 0 Å². The van der Waals surface area contributed by atoms with Gasteiger partial charge in [0.2, 0.25) is 5.78 Å². The Hall–Kier alpha value is -2.28. The van der Waals surface area contributed by atoms with Crippen LogP contribution in [-0.4, -0.2) is 44.5 Å². The van der Waals surface area contributed by atoms with E-state index in [0.717, 1.165) is 25.7 Å². The van der Waals surface area contributed by atoms with Crippen LogP contribution in [0.25, 0.3) is 0 Å². The SMILES string of the molecule is CCOC(=O)C(=O)[C@H]1C[C@@H]2CCCO[C@@]23CCC[C@@]13O[Si](c1ccccc1)(c1ccccc1)C(C)(C)C. The second-order valence-corrected chi connectivity index (χ2v) is 16.2. The Kier molecular flexibility index (Phi) is 6.97. The topological polar surface area (TPSA) is 61.8 Å². The van der Waals surface area contributed by atoms with Gasteiger partial charge in [0.15, 0.2) is 0 Å². The summed E-state index contributed by atoms with van der Waals surface area (Å²) < 4.78 is 19.9. The molecule has 4 atom stereocenters. The molecule has 0 N–H and O–H groups in total. The van der Waals surface area contributed by atoms with E-state index in [4.69, 9.17) is 13.9 Å². The van der Waals surface area contributed by atoms with Gasteiger partial charge in [0.05, 0.1) is 23.7 Å².